The highest BCUT2D eigenvalue weighted by Gasteiger charge is 2.50. The number of anilines is 1. The zero-order chi connectivity index (χ0) is 28.7. The molecule has 4 bridgehead atoms. The van der Waals surface area contributed by atoms with E-state index in [2.05, 4.69) is 15.6 Å². The molecule has 42 heavy (non-hydrogen) atoms. The maximum Gasteiger partial charge on any atom is 0.338 e. The summed E-state index contributed by atoms with van der Waals surface area (Å²) in [5.41, 5.74) is 4.61. The van der Waals surface area contributed by atoms with Gasteiger partial charge in [0.25, 0.3) is 5.91 Å². The molecule has 4 aliphatic carbocycles. The Hall–Kier alpha value is -3.45. The summed E-state index contributed by atoms with van der Waals surface area (Å²) in [6.07, 6.45) is 12.5. The van der Waals surface area contributed by atoms with Gasteiger partial charge in [-0.25, -0.2) is 9.78 Å². The fraction of sp³-hybridized carbons (Fsp3) is 0.514. The Labute approximate surface area is 248 Å². The predicted octanol–water partition coefficient (Wildman–Crippen LogP) is 6.90. The second kappa shape index (κ2) is 11.3. The Bertz CT molecular complexity index is 1420. The molecule has 8 rings (SSSR count). The number of hydrogen-bond donors (Lipinski definition) is 3. The van der Waals surface area contributed by atoms with Crippen LogP contribution in [0.15, 0.2) is 48.5 Å². The minimum atomic E-state index is -0.405. The summed E-state index contributed by atoms with van der Waals surface area (Å²) in [7, 11) is 0. The quantitative estimate of drug-likeness (QED) is 0.245. The Morgan fingerprint density at radius 2 is 1.76 bits per heavy atom. The van der Waals surface area contributed by atoms with E-state index in [9.17, 15) is 9.59 Å². The molecule has 2 aromatic carbocycles. The molecule has 0 spiro atoms. The first-order valence-corrected chi connectivity index (χ1v) is 15.9. The number of rotatable bonds is 9. The molecule has 1 aromatic heterocycles. The van der Waals surface area contributed by atoms with Gasteiger partial charge < -0.3 is 20.4 Å². The lowest BCUT2D eigenvalue weighted by Crippen LogP contribution is -2.46. The van der Waals surface area contributed by atoms with E-state index in [1.807, 2.05) is 49.4 Å². The number of nitrogens with one attached hydrogen (secondary N) is 3. The van der Waals surface area contributed by atoms with Crippen LogP contribution in [-0.4, -0.2) is 28.4 Å². The lowest BCUT2D eigenvalue weighted by Gasteiger charge is -2.57. The predicted molar refractivity (Wildman–Crippen MR) is 162 cm³/mol. The number of amides is 1. The smallest absolute Gasteiger partial charge is 0.338 e. The van der Waals surface area contributed by atoms with Crippen LogP contribution in [0, 0.1) is 30.1 Å². The molecule has 3 N–H and O–H groups in total. The summed E-state index contributed by atoms with van der Waals surface area (Å²) in [4.78, 5) is 35.1. The summed E-state index contributed by atoms with van der Waals surface area (Å²) in [6, 6.07) is 15.2. The number of imidazole rings is 1. The number of esters is 1. The van der Waals surface area contributed by atoms with Crippen LogP contribution < -0.4 is 10.6 Å². The number of aryl methyl sites for hydroxylation is 2. The molecule has 1 atom stereocenters. The van der Waals surface area contributed by atoms with Crippen LogP contribution in [-0.2, 0) is 17.8 Å². The van der Waals surface area contributed by atoms with Gasteiger partial charge in [-0.3, -0.25) is 4.79 Å². The van der Waals surface area contributed by atoms with Crippen molar-refractivity contribution in [3.05, 3.63) is 82.4 Å². The van der Waals surface area contributed by atoms with Crippen LogP contribution in [0.2, 0.25) is 0 Å². The van der Waals surface area contributed by atoms with Crippen LogP contribution in [0.3, 0.4) is 0 Å². The van der Waals surface area contributed by atoms with Gasteiger partial charge in [-0.1, -0.05) is 36.4 Å². The number of carbonyl (C=O) groups is 2. The highest BCUT2D eigenvalue weighted by molar-refractivity contribution is 6.04. The number of ether oxygens (including phenoxy) is 1. The van der Waals surface area contributed by atoms with Gasteiger partial charge in [-0.05, 0) is 124 Å². The summed E-state index contributed by atoms with van der Waals surface area (Å²) in [5.74, 6) is 2.96. The molecule has 1 saturated heterocycles. The van der Waals surface area contributed by atoms with Gasteiger partial charge in [0.15, 0.2) is 0 Å². The molecule has 1 unspecified atom stereocenters. The molecule has 1 aliphatic heterocycles. The largest absolute Gasteiger partial charge is 0.457 e. The first-order chi connectivity index (χ1) is 20.4. The number of nitrogens with zero attached hydrogens (tertiary/aromatic N) is 1. The van der Waals surface area contributed by atoms with Crippen LogP contribution in [0.1, 0.15) is 107 Å². The minimum absolute atomic E-state index is 0.162. The third kappa shape index (κ3) is 5.63. The van der Waals surface area contributed by atoms with Gasteiger partial charge >= 0.3 is 5.97 Å². The molecule has 0 radical (unpaired) electrons. The Balaban J connectivity index is 1.08. The molecular formula is C35H42N4O3. The fourth-order valence-corrected chi connectivity index (χ4v) is 8.78. The number of hydrogen-bond acceptors (Lipinski definition) is 5. The minimum Gasteiger partial charge on any atom is -0.457 e. The monoisotopic (exact) mass is 566 g/mol. The van der Waals surface area contributed by atoms with E-state index in [1.54, 1.807) is 6.07 Å². The van der Waals surface area contributed by atoms with E-state index >= 15 is 0 Å². The molecule has 5 fully saturated rings. The van der Waals surface area contributed by atoms with Crippen molar-refractivity contribution in [2.75, 3.05) is 11.9 Å². The standard InChI is InChI=1S/C35H42N4O3/c1-22-9-10-27(17-28(22)34(41)42-21-23-6-3-2-4-7-23)37-33(40)31-29(38-32(39-31)30-8-5-13-36-30)11-12-35-18-24-14-25(19-35)16-26(15-24)20-35/h2-4,6-7,9-10,17,24-26,30,36H,5,8,11-16,18-21H2,1H3,(H,37,40)(H,38,39). The Morgan fingerprint density at radius 1 is 1.02 bits per heavy atom. The molecule has 5 aliphatic rings. The number of aromatic amines is 1. The van der Waals surface area contributed by atoms with Crippen LogP contribution in [0.4, 0.5) is 5.69 Å². The van der Waals surface area contributed by atoms with E-state index in [-0.39, 0.29) is 18.6 Å². The van der Waals surface area contributed by atoms with E-state index in [1.165, 1.54) is 38.5 Å². The van der Waals surface area contributed by atoms with E-state index in [0.717, 1.165) is 72.6 Å². The number of H-pyrrole nitrogens is 1. The molecule has 7 heteroatoms. The van der Waals surface area contributed by atoms with Crippen molar-refractivity contribution in [3.63, 3.8) is 0 Å². The molecule has 7 nitrogen and oxygen atoms in total. The fourth-order valence-electron chi connectivity index (χ4n) is 8.78. The normalized spacial score (nSPS) is 27.7. The van der Waals surface area contributed by atoms with E-state index in [4.69, 9.17) is 9.72 Å². The number of carbonyl (C=O) groups excluding carboxylic acids is 2. The summed E-state index contributed by atoms with van der Waals surface area (Å²) in [6.45, 7) is 3.05. The third-order valence-corrected chi connectivity index (χ3v) is 10.4. The molecular weight excluding hydrogens is 524 g/mol. The van der Waals surface area contributed by atoms with Crippen LogP contribution in [0.5, 0.6) is 0 Å². The SMILES string of the molecule is Cc1ccc(NC(=O)c2nc(C3CCCN3)[nH]c2CCC23CC4CC(CC(C4)C2)C3)cc1C(=O)OCc1ccccc1. The van der Waals surface area contributed by atoms with Crippen LogP contribution in [0.25, 0.3) is 0 Å². The zero-order valence-corrected chi connectivity index (χ0v) is 24.6. The van der Waals surface area contributed by atoms with Gasteiger partial charge in [0.1, 0.15) is 18.1 Å². The van der Waals surface area contributed by atoms with Crippen molar-refractivity contribution in [2.24, 2.45) is 23.2 Å². The Morgan fingerprint density at radius 3 is 2.45 bits per heavy atom. The number of aromatic nitrogens is 2. The number of benzene rings is 2. The van der Waals surface area contributed by atoms with Crippen molar-refractivity contribution >= 4 is 17.6 Å². The topological polar surface area (TPSA) is 96.1 Å². The maximum absolute atomic E-state index is 13.7. The second-order valence-corrected chi connectivity index (χ2v) is 13.6. The molecule has 3 aromatic rings. The Kier molecular flexibility index (Phi) is 7.39. The van der Waals surface area contributed by atoms with Gasteiger partial charge in [-0.2, -0.15) is 0 Å². The summed E-state index contributed by atoms with van der Waals surface area (Å²) in [5, 5.41) is 6.57. The van der Waals surface area contributed by atoms with Crippen LogP contribution >= 0.6 is 0 Å². The summed E-state index contributed by atoms with van der Waals surface area (Å²) < 4.78 is 5.58. The molecule has 220 valence electrons. The molecule has 4 saturated carbocycles. The maximum atomic E-state index is 13.7. The van der Waals surface area contributed by atoms with Gasteiger partial charge in [0, 0.05) is 11.4 Å². The van der Waals surface area contributed by atoms with Gasteiger partial charge in [-0.15, -0.1) is 0 Å². The van der Waals surface area contributed by atoms with Crippen molar-refractivity contribution in [1.29, 1.82) is 0 Å². The highest BCUT2D eigenvalue weighted by atomic mass is 16.5. The van der Waals surface area contributed by atoms with E-state index < -0.39 is 5.97 Å². The first-order valence-electron chi connectivity index (χ1n) is 15.9. The average molecular weight is 567 g/mol. The zero-order valence-electron chi connectivity index (χ0n) is 24.6. The summed E-state index contributed by atoms with van der Waals surface area (Å²) >= 11 is 0. The first kappa shape index (κ1) is 27.4. The van der Waals surface area contributed by atoms with Crippen molar-refractivity contribution in [1.82, 2.24) is 15.3 Å². The molecule has 1 amide bonds. The van der Waals surface area contributed by atoms with Gasteiger partial charge in [0.2, 0.25) is 0 Å². The van der Waals surface area contributed by atoms with Gasteiger partial charge in [0.05, 0.1) is 11.6 Å². The third-order valence-electron chi connectivity index (χ3n) is 10.4. The highest BCUT2D eigenvalue weighted by Crippen LogP contribution is 2.61. The second-order valence-electron chi connectivity index (χ2n) is 13.6. The molecule has 2 heterocycles. The van der Waals surface area contributed by atoms with Crippen molar-refractivity contribution in [2.45, 2.75) is 83.8 Å². The lowest BCUT2D eigenvalue weighted by molar-refractivity contribution is -0.0570. The average Bonchev–Trinajstić information content (AvgIpc) is 3.66. The van der Waals surface area contributed by atoms with E-state index in [0.29, 0.717) is 22.4 Å². The van der Waals surface area contributed by atoms with Crippen molar-refractivity contribution < 1.29 is 14.3 Å². The lowest BCUT2D eigenvalue weighted by atomic mass is 9.48. The van der Waals surface area contributed by atoms with Crippen molar-refractivity contribution in [3.8, 4) is 0 Å².